The molecule has 0 saturated heterocycles. The number of rotatable bonds is 4. The quantitative estimate of drug-likeness (QED) is 0.573. The Morgan fingerprint density at radius 3 is 2.40 bits per heavy atom. The van der Waals surface area contributed by atoms with Gasteiger partial charge >= 0.3 is 12.3 Å². The molecule has 158 valence electrons. The number of hydrogen-bond donors (Lipinski definition) is 2. The summed E-state index contributed by atoms with van der Waals surface area (Å²) in [7, 11) is 0. The van der Waals surface area contributed by atoms with Gasteiger partial charge in [-0.25, -0.2) is 18.6 Å². The molecule has 2 N–H and O–H groups in total. The van der Waals surface area contributed by atoms with E-state index in [2.05, 4.69) is 4.98 Å². The van der Waals surface area contributed by atoms with E-state index in [0.717, 1.165) is 0 Å². The standard InChI is InChI=1S/C18H11ClF5N3O3/c19-11-2-1-3-12-14(11)16(28)27(10-5-8(20)4-9(21)6-10)15(25-12)13(26-17(29)30)7-18(22,23)24/h1-6,13,26H,7H2,(H,29,30). The van der Waals surface area contributed by atoms with Crippen LogP contribution in [0.25, 0.3) is 16.6 Å². The van der Waals surface area contributed by atoms with E-state index in [-0.39, 0.29) is 15.9 Å². The lowest BCUT2D eigenvalue weighted by molar-refractivity contribution is -0.140. The van der Waals surface area contributed by atoms with E-state index in [1.165, 1.54) is 18.2 Å². The fraction of sp³-hybridized carbons (Fsp3) is 0.167. The molecule has 12 heteroatoms. The highest BCUT2D eigenvalue weighted by Crippen LogP contribution is 2.31. The molecule has 2 aromatic carbocycles. The number of fused-ring (bicyclic) bond motifs is 1. The largest absolute Gasteiger partial charge is 0.465 e. The van der Waals surface area contributed by atoms with Gasteiger partial charge in [0.25, 0.3) is 5.56 Å². The van der Waals surface area contributed by atoms with Gasteiger partial charge in [-0.05, 0) is 24.3 Å². The highest BCUT2D eigenvalue weighted by molar-refractivity contribution is 6.35. The summed E-state index contributed by atoms with van der Waals surface area (Å²) in [5, 5.41) is 10.3. The highest BCUT2D eigenvalue weighted by Gasteiger charge is 2.36. The number of hydrogen-bond acceptors (Lipinski definition) is 3. The van der Waals surface area contributed by atoms with Gasteiger partial charge in [-0.15, -0.1) is 0 Å². The molecule has 3 aromatic rings. The van der Waals surface area contributed by atoms with Gasteiger partial charge in [0.05, 0.1) is 34.1 Å². The smallest absolute Gasteiger partial charge is 0.405 e. The van der Waals surface area contributed by atoms with E-state index >= 15 is 0 Å². The van der Waals surface area contributed by atoms with Crippen molar-refractivity contribution in [3.8, 4) is 5.69 Å². The normalized spacial score (nSPS) is 12.7. The Bertz CT molecular complexity index is 1180. The van der Waals surface area contributed by atoms with Gasteiger partial charge < -0.3 is 10.4 Å². The molecule has 0 bridgehead atoms. The second-order valence-electron chi connectivity index (χ2n) is 6.19. The van der Waals surface area contributed by atoms with Gasteiger partial charge in [-0.1, -0.05) is 17.7 Å². The summed E-state index contributed by atoms with van der Waals surface area (Å²) in [6, 6.07) is 3.84. The van der Waals surface area contributed by atoms with Crippen LogP contribution < -0.4 is 10.9 Å². The molecule has 1 amide bonds. The van der Waals surface area contributed by atoms with Crippen molar-refractivity contribution in [3.05, 3.63) is 69.2 Å². The average molecular weight is 448 g/mol. The van der Waals surface area contributed by atoms with E-state index in [4.69, 9.17) is 16.7 Å². The molecule has 1 atom stereocenters. The Labute approximate surface area is 169 Å². The number of nitrogens with zero attached hydrogens (tertiary/aromatic N) is 2. The van der Waals surface area contributed by atoms with Crippen molar-refractivity contribution in [2.24, 2.45) is 0 Å². The lowest BCUT2D eigenvalue weighted by Crippen LogP contribution is -2.36. The van der Waals surface area contributed by atoms with Gasteiger partial charge in [-0.2, -0.15) is 13.2 Å². The van der Waals surface area contributed by atoms with E-state index in [9.17, 15) is 31.5 Å². The van der Waals surface area contributed by atoms with Gasteiger partial charge in [0.15, 0.2) is 0 Å². The van der Waals surface area contributed by atoms with Crippen LogP contribution in [-0.2, 0) is 0 Å². The number of carbonyl (C=O) groups is 1. The number of halogens is 6. The van der Waals surface area contributed by atoms with Crippen molar-refractivity contribution in [1.29, 1.82) is 0 Å². The fourth-order valence-corrected chi connectivity index (χ4v) is 3.20. The van der Waals surface area contributed by atoms with Gasteiger partial charge in [0.2, 0.25) is 0 Å². The van der Waals surface area contributed by atoms with Crippen LogP contribution in [0.3, 0.4) is 0 Å². The maximum absolute atomic E-state index is 13.8. The van der Waals surface area contributed by atoms with Gasteiger partial charge in [-0.3, -0.25) is 9.36 Å². The monoisotopic (exact) mass is 447 g/mol. The van der Waals surface area contributed by atoms with Crippen molar-refractivity contribution in [1.82, 2.24) is 14.9 Å². The zero-order valence-corrected chi connectivity index (χ0v) is 15.4. The maximum atomic E-state index is 13.8. The summed E-state index contributed by atoms with van der Waals surface area (Å²) in [6.07, 6.45) is -8.40. The summed E-state index contributed by atoms with van der Waals surface area (Å²) < 4.78 is 67.3. The lowest BCUT2D eigenvalue weighted by atomic mass is 10.1. The Morgan fingerprint density at radius 2 is 1.83 bits per heavy atom. The Kier molecular flexibility index (Phi) is 5.66. The molecule has 0 radical (unpaired) electrons. The molecule has 3 rings (SSSR count). The van der Waals surface area contributed by atoms with Crippen LogP contribution in [0.2, 0.25) is 5.02 Å². The number of amides is 1. The molecule has 1 aromatic heterocycles. The summed E-state index contributed by atoms with van der Waals surface area (Å²) in [5.41, 5.74) is -1.62. The van der Waals surface area contributed by atoms with Crippen molar-refractivity contribution in [2.45, 2.75) is 18.6 Å². The van der Waals surface area contributed by atoms with Crippen molar-refractivity contribution >= 4 is 28.6 Å². The topological polar surface area (TPSA) is 84.2 Å². The lowest BCUT2D eigenvalue weighted by Gasteiger charge is -2.22. The first-order valence-electron chi connectivity index (χ1n) is 8.20. The van der Waals surface area contributed by atoms with Gasteiger partial charge in [0, 0.05) is 6.07 Å². The number of carboxylic acid groups (broad SMARTS) is 1. The Balaban J connectivity index is 2.41. The second-order valence-corrected chi connectivity index (χ2v) is 6.60. The second kappa shape index (κ2) is 7.90. The molecule has 0 aliphatic heterocycles. The van der Waals surface area contributed by atoms with Gasteiger partial charge in [0.1, 0.15) is 17.5 Å². The zero-order valence-electron chi connectivity index (χ0n) is 14.7. The van der Waals surface area contributed by atoms with Crippen LogP contribution in [0.4, 0.5) is 26.7 Å². The fourth-order valence-electron chi connectivity index (χ4n) is 2.95. The molecule has 1 unspecified atom stereocenters. The van der Waals surface area contributed by atoms with Crippen molar-refractivity contribution in [2.75, 3.05) is 0 Å². The zero-order chi connectivity index (χ0) is 22.2. The first-order valence-corrected chi connectivity index (χ1v) is 8.58. The SMILES string of the molecule is O=C(O)NC(CC(F)(F)F)c1nc2cccc(Cl)c2c(=O)n1-c1cc(F)cc(F)c1. The molecule has 0 fully saturated rings. The average Bonchev–Trinajstić information content (AvgIpc) is 2.58. The number of aromatic nitrogens is 2. The Hall–Kier alpha value is -3.21. The molecule has 1 heterocycles. The van der Waals surface area contributed by atoms with Crippen LogP contribution in [0, 0.1) is 11.6 Å². The predicted octanol–water partition coefficient (Wildman–Crippen LogP) is 4.58. The maximum Gasteiger partial charge on any atom is 0.405 e. The molecule has 0 saturated carbocycles. The van der Waals surface area contributed by atoms with Crippen LogP contribution in [-0.4, -0.2) is 26.9 Å². The molecular formula is C18H11ClF5N3O3. The van der Waals surface area contributed by atoms with Crippen molar-refractivity contribution in [3.63, 3.8) is 0 Å². The van der Waals surface area contributed by atoms with E-state index in [0.29, 0.717) is 22.8 Å². The Morgan fingerprint density at radius 1 is 1.20 bits per heavy atom. The molecule has 6 nitrogen and oxygen atoms in total. The number of benzene rings is 2. The first kappa shape index (κ1) is 21.5. The van der Waals surface area contributed by atoms with E-state index in [1.807, 2.05) is 0 Å². The molecule has 0 aliphatic rings. The summed E-state index contributed by atoms with van der Waals surface area (Å²) >= 11 is 6.02. The van der Waals surface area contributed by atoms with Crippen LogP contribution in [0.15, 0.2) is 41.2 Å². The molecule has 0 aliphatic carbocycles. The third-order valence-electron chi connectivity index (χ3n) is 4.02. The number of nitrogens with one attached hydrogen (secondary N) is 1. The van der Waals surface area contributed by atoms with Crippen molar-refractivity contribution < 1.29 is 31.9 Å². The summed E-state index contributed by atoms with van der Waals surface area (Å²) in [4.78, 5) is 28.2. The summed E-state index contributed by atoms with van der Waals surface area (Å²) in [5.74, 6) is -2.93. The predicted molar refractivity (Wildman–Crippen MR) is 96.8 cm³/mol. The molecular weight excluding hydrogens is 437 g/mol. The van der Waals surface area contributed by atoms with Crippen LogP contribution in [0.1, 0.15) is 18.3 Å². The minimum Gasteiger partial charge on any atom is -0.465 e. The van der Waals surface area contributed by atoms with E-state index < -0.39 is 53.4 Å². The highest BCUT2D eigenvalue weighted by atomic mass is 35.5. The third-order valence-corrected chi connectivity index (χ3v) is 4.34. The van der Waals surface area contributed by atoms with E-state index in [1.54, 1.807) is 5.32 Å². The summed E-state index contributed by atoms with van der Waals surface area (Å²) in [6.45, 7) is 0. The van der Waals surface area contributed by atoms with Crippen LogP contribution in [0.5, 0.6) is 0 Å². The third kappa shape index (κ3) is 4.51. The molecule has 0 spiro atoms. The first-order chi connectivity index (χ1) is 14.0. The minimum absolute atomic E-state index is 0.0965. The number of alkyl halides is 3. The minimum atomic E-state index is -4.86. The van der Waals surface area contributed by atoms with Crippen LogP contribution >= 0.6 is 11.6 Å². The molecule has 30 heavy (non-hydrogen) atoms.